The molecule has 0 spiro atoms. The lowest BCUT2D eigenvalue weighted by atomic mass is 9.98. The van der Waals surface area contributed by atoms with Crippen molar-refractivity contribution in [3.63, 3.8) is 0 Å². The van der Waals surface area contributed by atoms with Gasteiger partial charge in [-0.2, -0.15) is 0 Å². The van der Waals surface area contributed by atoms with Crippen LogP contribution in [0.15, 0.2) is 42.5 Å². The average Bonchev–Trinajstić information content (AvgIpc) is 2.57. The zero-order valence-corrected chi connectivity index (χ0v) is 15.6. The summed E-state index contributed by atoms with van der Waals surface area (Å²) in [6.45, 7) is 6.32. The number of benzene rings is 2. The fraction of sp³-hybridized carbons (Fsp3) is 0.350. The molecule has 4 heteroatoms. The van der Waals surface area contributed by atoms with E-state index in [1.54, 1.807) is 18.9 Å². The summed E-state index contributed by atoms with van der Waals surface area (Å²) in [5.41, 5.74) is 4.44. The molecule has 0 aliphatic rings. The van der Waals surface area contributed by atoms with E-state index in [0.29, 0.717) is 11.7 Å². The monoisotopic (exact) mass is 343 g/mol. The van der Waals surface area contributed by atoms with Crippen LogP contribution in [0.5, 0.6) is 5.75 Å². The van der Waals surface area contributed by atoms with Gasteiger partial charge in [-0.1, -0.05) is 44.2 Å². The number of nitrogens with one attached hydrogen (secondary N) is 1. The molecule has 0 saturated heterocycles. The van der Waals surface area contributed by atoms with Crippen LogP contribution < -0.4 is 10.1 Å². The molecule has 24 heavy (non-hydrogen) atoms. The van der Waals surface area contributed by atoms with Gasteiger partial charge < -0.3 is 10.1 Å². The molecule has 0 bridgehead atoms. The van der Waals surface area contributed by atoms with E-state index in [2.05, 4.69) is 25.2 Å². The van der Waals surface area contributed by atoms with Crippen LogP contribution in [0.25, 0.3) is 0 Å². The van der Waals surface area contributed by atoms with Crippen LogP contribution in [0.1, 0.15) is 36.5 Å². The molecule has 3 nitrogen and oxygen atoms in total. The molecule has 128 valence electrons. The molecule has 2 rings (SSSR count). The number of hydrogen-bond donors (Lipinski definition) is 1. The molecule has 0 saturated carbocycles. The molecule has 0 aromatic heterocycles. The highest BCUT2D eigenvalue weighted by molar-refractivity contribution is 7.99. The summed E-state index contributed by atoms with van der Waals surface area (Å²) in [4.78, 5) is 12.3. The van der Waals surface area contributed by atoms with Crippen molar-refractivity contribution in [1.82, 2.24) is 0 Å². The number of para-hydroxylation sites is 1. The second-order valence-corrected chi connectivity index (χ2v) is 7.07. The molecule has 0 fully saturated rings. The zero-order valence-electron chi connectivity index (χ0n) is 14.8. The number of thioether (sulfide) groups is 1. The van der Waals surface area contributed by atoms with Crippen molar-refractivity contribution >= 4 is 23.4 Å². The Kier molecular flexibility index (Phi) is 6.73. The summed E-state index contributed by atoms with van der Waals surface area (Å²) in [6.07, 6.45) is 0. The van der Waals surface area contributed by atoms with Gasteiger partial charge in [0.2, 0.25) is 5.91 Å². The summed E-state index contributed by atoms with van der Waals surface area (Å²) in [7, 11) is 1.66. The van der Waals surface area contributed by atoms with Gasteiger partial charge in [0.1, 0.15) is 5.75 Å². The van der Waals surface area contributed by atoms with E-state index in [0.717, 1.165) is 22.8 Å². The normalized spacial score (nSPS) is 10.7. The number of methoxy groups -OCH3 is 1. The van der Waals surface area contributed by atoms with Gasteiger partial charge in [-0.15, -0.1) is 11.8 Å². The van der Waals surface area contributed by atoms with Gasteiger partial charge in [-0.3, -0.25) is 4.79 Å². The van der Waals surface area contributed by atoms with E-state index in [1.165, 1.54) is 11.1 Å². The van der Waals surface area contributed by atoms with E-state index in [1.807, 2.05) is 43.3 Å². The number of aryl methyl sites for hydroxylation is 1. The Morgan fingerprint density at radius 2 is 1.88 bits per heavy atom. The first-order valence-corrected chi connectivity index (χ1v) is 9.26. The summed E-state index contributed by atoms with van der Waals surface area (Å²) < 4.78 is 5.15. The molecule has 0 heterocycles. The number of ether oxygens (including phenoxy) is 1. The van der Waals surface area contributed by atoms with Crippen LogP contribution in [0.3, 0.4) is 0 Å². The molecule has 0 aliphatic heterocycles. The first-order valence-electron chi connectivity index (χ1n) is 8.11. The molecule has 0 radical (unpaired) electrons. The second-order valence-electron chi connectivity index (χ2n) is 6.08. The van der Waals surface area contributed by atoms with Crippen LogP contribution in [0.2, 0.25) is 0 Å². The van der Waals surface area contributed by atoms with E-state index < -0.39 is 0 Å². The van der Waals surface area contributed by atoms with Crippen molar-refractivity contribution < 1.29 is 9.53 Å². The molecule has 2 aromatic rings. The fourth-order valence-electron chi connectivity index (χ4n) is 2.50. The van der Waals surface area contributed by atoms with Gasteiger partial charge in [-0.05, 0) is 41.7 Å². The van der Waals surface area contributed by atoms with E-state index in [4.69, 9.17) is 4.74 Å². The third-order valence-electron chi connectivity index (χ3n) is 3.85. The standard InChI is InChI=1S/C20H25NO2S/c1-14(2)18-7-5-6-15(3)20(18)21-19(22)13-24-12-16-8-10-17(23-4)11-9-16/h5-11,14H,12-13H2,1-4H3,(H,21,22). The smallest absolute Gasteiger partial charge is 0.234 e. The maximum absolute atomic E-state index is 12.3. The van der Waals surface area contributed by atoms with Crippen LogP contribution >= 0.6 is 11.8 Å². The fourth-order valence-corrected chi connectivity index (χ4v) is 3.29. The molecule has 0 unspecified atom stereocenters. The van der Waals surface area contributed by atoms with Crippen molar-refractivity contribution in [3.8, 4) is 5.75 Å². The largest absolute Gasteiger partial charge is 0.497 e. The lowest BCUT2D eigenvalue weighted by molar-refractivity contribution is -0.113. The minimum Gasteiger partial charge on any atom is -0.497 e. The zero-order chi connectivity index (χ0) is 17.5. The summed E-state index contributed by atoms with van der Waals surface area (Å²) in [5.74, 6) is 2.53. The highest BCUT2D eigenvalue weighted by atomic mass is 32.2. The Balaban J connectivity index is 1.89. The topological polar surface area (TPSA) is 38.3 Å². The first kappa shape index (κ1) is 18.4. The minimum absolute atomic E-state index is 0.0460. The van der Waals surface area contributed by atoms with Gasteiger partial charge in [0.25, 0.3) is 0 Å². The number of rotatable bonds is 7. The highest BCUT2D eigenvalue weighted by Gasteiger charge is 2.12. The Labute approximate surface area is 148 Å². The van der Waals surface area contributed by atoms with Crippen molar-refractivity contribution in [3.05, 3.63) is 59.2 Å². The molecule has 1 N–H and O–H groups in total. The highest BCUT2D eigenvalue weighted by Crippen LogP contribution is 2.27. The maximum atomic E-state index is 12.3. The SMILES string of the molecule is COc1ccc(CSCC(=O)Nc2c(C)cccc2C(C)C)cc1. The predicted octanol–water partition coefficient (Wildman–Crippen LogP) is 5.00. The Morgan fingerprint density at radius 3 is 2.50 bits per heavy atom. The van der Waals surface area contributed by atoms with Crippen molar-refractivity contribution in [2.75, 3.05) is 18.2 Å². The molecule has 2 aromatic carbocycles. The average molecular weight is 343 g/mol. The molecular weight excluding hydrogens is 318 g/mol. The lowest BCUT2D eigenvalue weighted by Crippen LogP contribution is -2.16. The molecule has 1 amide bonds. The van der Waals surface area contributed by atoms with Crippen LogP contribution in [0, 0.1) is 6.92 Å². The van der Waals surface area contributed by atoms with E-state index in [-0.39, 0.29) is 5.91 Å². The third-order valence-corrected chi connectivity index (χ3v) is 4.86. The van der Waals surface area contributed by atoms with Gasteiger partial charge in [0, 0.05) is 11.4 Å². The number of amides is 1. The summed E-state index contributed by atoms with van der Waals surface area (Å²) in [6, 6.07) is 14.1. The van der Waals surface area contributed by atoms with Crippen molar-refractivity contribution in [1.29, 1.82) is 0 Å². The quantitative estimate of drug-likeness (QED) is 0.769. The lowest BCUT2D eigenvalue weighted by Gasteiger charge is -2.16. The van der Waals surface area contributed by atoms with E-state index >= 15 is 0 Å². The van der Waals surface area contributed by atoms with Gasteiger partial charge in [0.05, 0.1) is 12.9 Å². The summed E-state index contributed by atoms with van der Waals surface area (Å²) in [5, 5.41) is 3.08. The molecule has 0 atom stereocenters. The van der Waals surface area contributed by atoms with Crippen LogP contribution in [0.4, 0.5) is 5.69 Å². The molecular formula is C20H25NO2S. The minimum atomic E-state index is 0.0460. The first-order chi connectivity index (χ1) is 11.5. The number of hydrogen-bond acceptors (Lipinski definition) is 3. The van der Waals surface area contributed by atoms with E-state index in [9.17, 15) is 4.79 Å². The van der Waals surface area contributed by atoms with Crippen LogP contribution in [-0.4, -0.2) is 18.8 Å². The van der Waals surface area contributed by atoms with Gasteiger partial charge in [-0.25, -0.2) is 0 Å². The Hall–Kier alpha value is -1.94. The van der Waals surface area contributed by atoms with Crippen molar-refractivity contribution in [2.45, 2.75) is 32.4 Å². The van der Waals surface area contributed by atoms with Crippen LogP contribution in [-0.2, 0) is 10.5 Å². The third kappa shape index (κ3) is 5.03. The Bertz CT molecular complexity index is 681. The van der Waals surface area contributed by atoms with Gasteiger partial charge >= 0.3 is 0 Å². The number of carbonyl (C=O) groups is 1. The molecule has 0 aliphatic carbocycles. The number of carbonyl (C=O) groups excluding carboxylic acids is 1. The summed E-state index contributed by atoms with van der Waals surface area (Å²) >= 11 is 1.61. The second kappa shape index (κ2) is 8.78. The van der Waals surface area contributed by atoms with Gasteiger partial charge in [0.15, 0.2) is 0 Å². The number of anilines is 1. The Morgan fingerprint density at radius 1 is 1.17 bits per heavy atom. The van der Waals surface area contributed by atoms with Crippen molar-refractivity contribution in [2.24, 2.45) is 0 Å². The maximum Gasteiger partial charge on any atom is 0.234 e. The predicted molar refractivity (Wildman–Crippen MR) is 103 cm³/mol.